The van der Waals surface area contributed by atoms with E-state index in [4.69, 9.17) is 0 Å². The summed E-state index contributed by atoms with van der Waals surface area (Å²) >= 11 is 0. The molecule has 25 heavy (non-hydrogen) atoms. The first-order chi connectivity index (χ1) is 11.8. The van der Waals surface area contributed by atoms with Crippen LogP contribution in [0.2, 0.25) is 0 Å². The second-order valence-electron chi connectivity index (χ2n) is 6.87. The summed E-state index contributed by atoms with van der Waals surface area (Å²) in [5, 5.41) is 0.970. The van der Waals surface area contributed by atoms with E-state index in [1.165, 1.54) is 0 Å². The largest absolute Gasteiger partial charge is 0.279 e. The third kappa shape index (κ3) is 2.10. The molecule has 0 aliphatic carbocycles. The van der Waals surface area contributed by atoms with Crippen LogP contribution in [0.5, 0.6) is 0 Å². The molecule has 4 heteroatoms. The molecule has 1 aromatic heterocycles. The van der Waals surface area contributed by atoms with Gasteiger partial charge < -0.3 is 0 Å². The smallest absolute Gasteiger partial charge is 0.267 e. The fourth-order valence-electron chi connectivity index (χ4n) is 3.94. The Bertz CT molecular complexity index is 1070. The minimum atomic E-state index is -1.85. The van der Waals surface area contributed by atoms with E-state index in [9.17, 15) is 13.6 Å². The Balaban J connectivity index is 2.17. The molecule has 0 spiro atoms. The number of benzene rings is 2. The first kappa shape index (κ1) is 15.8. The number of rotatable bonds is 1. The lowest BCUT2D eigenvalue weighted by atomic mass is 9.76. The number of hydrogen-bond donors (Lipinski definition) is 0. The van der Waals surface area contributed by atoms with Crippen molar-refractivity contribution in [3.8, 4) is 11.3 Å². The van der Waals surface area contributed by atoms with E-state index in [2.05, 4.69) is 6.07 Å². The standard InChI is InChI=1S/C21H17F2NO/c1-12-8-13(2)15-10-18-14-6-4-5-7-16(14)21(3,11-19(22)23)20(25)24(18)17(15)9-12/h4-11H,1-3H3. The summed E-state index contributed by atoms with van der Waals surface area (Å²) in [5.41, 5.74) is 3.65. The van der Waals surface area contributed by atoms with Crippen molar-refractivity contribution in [2.75, 3.05) is 0 Å². The topological polar surface area (TPSA) is 22.0 Å². The van der Waals surface area contributed by atoms with Crippen LogP contribution in [0.1, 0.15) is 28.4 Å². The van der Waals surface area contributed by atoms with Crippen molar-refractivity contribution in [2.45, 2.75) is 26.2 Å². The maximum Gasteiger partial charge on any atom is 0.267 e. The molecular formula is C21H17F2NO. The van der Waals surface area contributed by atoms with Crippen molar-refractivity contribution in [3.05, 3.63) is 71.3 Å². The molecular weight excluding hydrogens is 320 g/mol. The molecule has 2 heterocycles. The highest BCUT2D eigenvalue weighted by atomic mass is 19.3. The zero-order valence-electron chi connectivity index (χ0n) is 14.2. The van der Waals surface area contributed by atoms with Gasteiger partial charge in [-0.15, -0.1) is 0 Å². The number of hydrogen-bond acceptors (Lipinski definition) is 1. The van der Waals surface area contributed by atoms with Crippen molar-refractivity contribution in [2.24, 2.45) is 0 Å². The van der Waals surface area contributed by atoms with E-state index in [1.807, 2.05) is 38.1 Å². The first-order valence-electron chi connectivity index (χ1n) is 8.14. The number of nitrogens with zero attached hydrogens (tertiary/aromatic N) is 1. The Kier molecular flexibility index (Phi) is 3.23. The summed E-state index contributed by atoms with van der Waals surface area (Å²) in [5.74, 6) is -0.353. The van der Waals surface area contributed by atoms with Gasteiger partial charge in [-0.2, -0.15) is 8.78 Å². The molecule has 0 saturated carbocycles. The van der Waals surface area contributed by atoms with Gasteiger partial charge in [-0.25, -0.2) is 0 Å². The monoisotopic (exact) mass is 337 g/mol. The van der Waals surface area contributed by atoms with Crippen molar-refractivity contribution in [1.29, 1.82) is 0 Å². The number of aromatic nitrogens is 1. The highest BCUT2D eigenvalue weighted by Gasteiger charge is 2.42. The van der Waals surface area contributed by atoms with Crippen molar-refractivity contribution in [3.63, 3.8) is 0 Å². The van der Waals surface area contributed by atoms with Crippen LogP contribution in [0.15, 0.2) is 54.6 Å². The van der Waals surface area contributed by atoms with Crippen LogP contribution < -0.4 is 0 Å². The molecule has 1 aliphatic heterocycles. The van der Waals surface area contributed by atoms with Gasteiger partial charge in [0.2, 0.25) is 5.91 Å². The van der Waals surface area contributed by atoms with E-state index in [0.29, 0.717) is 5.56 Å². The lowest BCUT2D eigenvalue weighted by molar-refractivity contribution is 0.0841. The summed E-state index contributed by atoms with van der Waals surface area (Å²) in [4.78, 5) is 13.3. The number of carbonyl (C=O) groups excluding carboxylic acids is 1. The minimum absolute atomic E-state index is 0.353. The summed E-state index contributed by atoms with van der Waals surface area (Å²) in [6, 6.07) is 13.3. The molecule has 126 valence electrons. The molecule has 1 unspecified atom stereocenters. The Morgan fingerprint density at radius 1 is 1.12 bits per heavy atom. The maximum absolute atomic E-state index is 13.3. The zero-order valence-corrected chi connectivity index (χ0v) is 14.2. The Labute approximate surface area is 144 Å². The van der Waals surface area contributed by atoms with E-state index in [1.54, 1.807) is 23.6 Å². The summed E-state index contributed by atoms with van der Waals surface area (Å²) in [6.07, 6.45) is -1.08. The number of aryl methyl sites for hydroxylation is 2. The van der Waals surface area contributed by atoms with Crippen LogP contribution in [0.25, 0.3) is 22.2 Å². The Hall–Kier alpha value is -2.75. The molecule has 0 fully saturated rings. The second-order valence-corrected chi connectivity index (χ2v) is 6.87. The molecule has 2 aromatic carbocycles. The van der Waals surface area contributed by atoms with Crippen molar-refractivity contribution < 1.29 is 13.6 Å². The Morgan fingerprint density at radius 3 is 2.56 bits per heavy atom. The van der Waals surface area contributed by atoms with Crippen molar-refractivity contribution in [1.82, 2.24) is 4.57 Å². The van der Waals surface area contributed by atoms with Gasteiger partial charge in [0.05, 0.1) is 16.6 Å². The number of fused-ring (bicyclic) bond motifs is 5. The quantitative estimate of drug-likeness (QED) is 0.565. The molecule has 0 radical (unpaired) electrons. The highest BCUT2D eigenvalue weighted by Crippen LogP contribution is 2.44. The maximum atomic E-state index is 13.3. The fourth-order valence-corrected chi connectivity index (χ4v) is 3.94. The van der Waals surface area contributed by atoms with Crippen LogP contribution in [0, 0.1) is 13.8 Å². The minimum Gasteiger partial charge on any atom is -0.279 e. The Morgan fingerprint density at radius 2 is 1.84 bits per heavy atom. The summed E-state index contributed by atoms with van der Waals surface area (Å²) in [6.45, 7) is 5.52. The predicted octanol–water partition coefficient (Wildman–Crippen LogP) is 5.62. The molecule has 4 rings (SSSR count). The van der Waals surface area contributed by atoms with Gasteiger partial charge in [-0.1, -0.05) is 30.3 Å². The van der Waals surface area contributed by atoms with Gasteiger partial charge in [0, 0.05) is 17.0 Å². The average Bonchev–Trinajstić information content (AvgIpc) is 2.92. The molecule has 0 amide bonds. The van der Waals surface area contributed by atoms with Crippen molar-refractivity contribution >= 4 is 16.8 Å². The SMILES string of the molecule is Cc1cc(C)c2cc3n(c2c1)C(=O)C(C)(C=C(F)F)c1ccccc1-3. The van der Waals surface area contributed by atoms with E-state index in [0.717, 1.165) is 39.4 Å². The predicted molar refractivity (Wildman–Crippen MR) is 95.1 cm³/mol. The highest BCUT2D eigenvalue weighted by molar-refractivity contribution is 6.08. The van der Waals surface area contributed by atoms with Crippen LogP contribution in [-0.2, 0) is 5.41 Å². The van der Waals surface area contributed by atoms with Gasteiger partial charge in [-0.3, -0.25) is 9.36 Å². The molecule has 0 bridgehead atoms. The molecule has 2 nitrogen and oxygen atoms in total. The molecule has 0 saturated heterocycles. The summed E-state index contributed by atoms with van der Waals surface area (Å²) in [7, 11) is 0. The third-order valence-corrected chi connectivity index (χ3v) is 5.08. The fraction of sp³-hybridized carbons (Fsp3) is 0.190. The zero-order chi connectivity index (χ0) is 17.9. The molecule has 1 aliphatic rings. The first-order valence-corrected chi connectivity index (χ1v) is 8.14. The third-order valence-electron chi connectivity index (χ3n) is 5.08. The molecule has 1 atom stereocenters. The van der Waals surface area contributed by atoms with E-state index >= 15 is 0 Å². The number of allylic oxidation sites excluding steroid dienone is 1. The van der Waals surface area contributed by atoms with Crippen LogP contribution >= 0.6 is 0 Å². The van der Waals surface area contributed by atoms with Gasteiger partial charge in [0.15, 0.2) is 0 Å². The lowest BCUT2D eigenvalue weighted by Crippen LogP contribution is -2.39. The lowest BCUT2D eigenvalue weighted by Gasteiger charge is -2.33. The second kappa shape index (κ2) is 5.12. The van der Waals surface area contributed by atoms with Gasteiger partial charge in [0.1, 0.15) is 0 Å². The van der Waals surface area contributed by atoms with Gasteiger partial charge in [0.25, 0.3) is 6.08 Å². The average molecular weight is 337 g/mol. The van der Waals surface area contributed by atoms with E-state index in [-0.39, 0.29) is 5.91 Å². The number of carbonyl (C=O) groups is 1. The normalized spacial score (nSPS) is 18.8. The summed E-state index contributed by atoms with van der Waals surface area (Å²) < 4.78 is 27.9. The number of halogens is 2. The van der Waals surface area contributed by atoms with Gasteiger partial charge >= 0.3 is 0 Å². The van der Waals surface area contributed by atoms with Crippen LogP contribution in [-0.4, -0.2) is 10.5 Å². The molecule has 0 N–H and O–H groups in total. The molecule has 3 aromatic rings. The van der Waals surface area contributed by atoms with Gasteiger partial charge in [-0.05, 0) is 49.6 Å². The van der Waals surface area contributed by atoms with Crippen LogP contribution in [0.3, 0.4) is 0 Å². The van der Waals surface area contributed by atoms with E-state index < -0.39 is 11.5 Å². The van der Waals surface area contributed by atoms with Crippen LogP contribution in [0.4, 0.5) is 8.78 Å².